The van der Waals surface area contributed by atoms with Crippen LogP contribution in [0.15, 0.2) is 35.5 Å². The molecule has 0 fully saturated rings. The molecule has 0 radical (unpaired) electrons. The number of hydrazine groups is 1. The van der Waals surface area contributed by atoms with Crippen molar-refractivity contribution < 1.29 is 24.3 Å². The van der Waals surface area contributed by atoms with Gasteiger partial charge < -0.3 is 14.7 Å². The molecule has 0 aliphatic carbocycles. The van der Waals surface area contributed by atoms with Crippen molar-refractivity contribution in [3.63, 3.8) is 0 Å². The van der Waals surface area contributed by atoms with Gasteiger partial charge in [0.2, 0.25) is 0 Å². The average molecular weight is 440 g/mol. The Hall–Kier alpha value is -3.55. The zero-order chi connectivity index (χ0) is 23.6. The van der Waals surface area contributed by atoms with Gasteiger partial charge >= 0.3 is 0 Å². The van der Waals surface area contributed by atoms with E-state index in [-0.39, 0.29) is 12.5 Å². The molecule has 0 spiro atoms. The topological polar surface area (TPSA) is 100 Å². The maximum atomic E-state index is 13.3. The number of rotatable bonds is 3. The first-order chi connectivity index (χ1) is 15.0. The molecule has 2 amide bonds. The van der Waals surface area contributed by atoms with Gasteiger partial charge in [-0.05, 0) is 65.8 Å². The van der Waals surface area contributed by atoms with E-state index in [1.54, 1.807) is 31.2 Å². The van der Waals surface area contributed by atoms with Gasteiger partial charge in [-0.15, -0.1) is 0 Å². The van der Waals surface area contributed by atoms with E-state index in [0.717, 1.165) is 11.1 Å². The Labute approximate surface area is 187 Å². The van der Waals surface area contributed by atoms with E-state index in [9.17, 15) is 9.59 Å². The van der Waals surface area contributed by atoms with Crippen LogP contribution in [0.1, 0.15) is 58.2 Å². The lowest BCUT2D eigenvalue weighted by molar-refractivity contribution is 0.0358. The van der Waals surface area contributed by atoms with Gasteiger partial charge in [-0.1, -0.05) is 22.3 Å². The summed E-state index contributed by atoms with van der Waals surface area (Å²) in [5.41, 5.74) is 5.45. The quantitative estimate of drug-likeness (QED) is 0.430. The van der Waals surface area contributed by atoms with Crippen LogP contribution in [-0.4, -0.2) is 46.5 Å². The Kier molecular flexibility index (Phi) is 6.43. The van der Waals surface area contributed by atoms with Gasteiger partial charge in [0.15, 0.2) is 17.6 Å². The minimum absolute atomic E-state index is 0.199. The van der Waals surface area contributed by atoms with Crippen LogP contribution in [0.5, 0.6) is 11.5 Å². The summed E-state index contributed by atoms with van der Waals surface area (Å²) in [5.74, 6) is 0.156. The lowest BCUT2D eigenvalue weighted by Crippen LogP contribution is -2.56. The van der Waals surface area contributed by atoms with Crippen LogP contribution in [0, 0.1) is 20.8 Å². The number of oxime groups is 1. The highest BCUT2D eigenvalue weighted by Gasteiger charge is 2.31. The number of nitrogens with one attached hydrogen (secondary N) is 1. The molecule has 170 valence electrons. The zero-order valence-electron chi connectivity index (χ0n) is 19.2. The highest BCUT2D eigenvalue weighted by Crippen LogP contribution is 2.36. The molecule has 2 aromatic carbocycles. The van der Waals surface area contributed by atoms with Gasteiger partial charge in [0, 0.05) is 16.7 Å². The number of fused-ring (bicyclic) bond motifs is 1. The number of ether oxygens (including phenoxy) is 2. The van der Waals surface area contributed by atoms with E-state index < -0.39 is 17.6 Å². The molecule has 2 aromatic rings. The molecule has 1 aliphatic rings. The fourth-order valence-corrected chi connectivity index (χ4v) is 3.59. The van der Waals surface area contributed by atoms with Crippen molar-refractivity contribution in [2.75, 3.05) is 6.61 Å². The highest BCUT2D eigenvalue weighted by atomic mass is 16.6. The standard InChI is InChI=1S/C24H29N3O5/c1-14-9-15(2)11-17(10-14)23(29)27(24(4,5)6)26-22(28)19-7-8-20-21(16(19)3)32-18(12-25-30)13-31-20/h7-12,18,30H,13H2,1-6H3,(H,26,28)/b25-12+/t18-/m0/s1. The number of hydrogen-bond acceptors (Lipinski definition) is 6. The molecule has 2 N–H and O–H groups in total. The minimum Gasteiger partial charge on any atom is -0.485 e. The van der Waals surface area contributed by atoms with Gasteiger partial charge in [-0.3, -0.25) is 15.0 Å². The largest absolute Gasteiger partial charge is 0.485 e. The average Bonchev–Trinajstić information content (AvgIpc) is 2.70. The monoisotopic (exact) mass is 439 g/mol. The van der Waals surface area contributed by atoms with E-state index >= 15 is 0 Å². The lowest BCUT2D eigenvalue weighted by atomic mass is 10.0. The van der Waals surface area contributed by atoms with E-state index in [4.69, 9.17) is 14.7 Å². The summed E-state index contributed by atoms with van der Waals surface area (Å²) in [6, 6.07) is 8.88. The van der Waals surface area contributed by atoms with Crippen molar-refractivity contribution >= 4 is 18.0 Å². The Morgan fingerprint density at radius 2 is 1.81 bits per heavy atom. The van der Waals surface area contributed by atoms with Crippen LogP contribution in [0.25, 0.3) is 0 Å². The molecule has 1 atom stereocenters. The van der Waals surface area contributed by atoms with Gasteiger partial charge in [-0.25, -0.2) is 5.01 Å². The molecule has 0 aromatic heterocycles. The fourth-order valence-electron chi connectivity index (χ4n) is 3.59. The minimum atomic E-state index is -0.672. The van der Waals surface area contributed by atoms with Crippen molar-refractivity contribution in [3.05, 3.63) is 58.1 Å². The number of carbonyl (C=O) groups is 2. The second-order valence-electron chi connectivity index (χ2n) is 8.93. The summed E-state index contributed by atoms with van der Waals surface area (Å²) >= 11 is 0. The van der Waals surface area contributed by atoms with E-state index in [1.165, 1.54) is 11.2 Å². The Bertz CT molecular complexity index is 1050. The molecule has 0 bridgehead atoms. The van der Waals surface area contributed by atoms with Crippen molar-refractivity contribution in [1.82, 2.24) is 10.4 Å². The number of aryl methyl sites for hydroxylation is 2. The van der Waals surface area contributed by atoms with Crippen LogP contribution in [-0.2, 0) is 0 Å². The van der Waals surface area contributed by atoms with Crippen molar-refractivity contribution in [3.8, 4) is 11.5 Å². The third kappa shape index (κ3) is 4.85. The molecule has 0 unspecified atom stereocenters. The van der Waals surface area contributed by atoms with E-state index in [1.807, 2.05) is 40.7 Å². The smallest absolute Gasteiger partial charge is 0.272 e. The molecule has 1 heterocycles. The summed E-state index contributed by atoms with van der Waals surface area (Å²) in [6.07, 6.45) is 0.653. The first kappa shape index (κ1) is 23.1. The van der Waals surface area contributed by atoms with Crippen LogP contribution in [0.2, 0.25) is 0 Å². The molecular weight excluding hydrogens is 410 g/mol. The number of benzene rings is 2. The van der Waals surface area contributed by atoms with E-state index in [0.29, 0.717) is 28.2 Å². The number of carbonyl (C=O) groups excluding carboxylic acids is 2. The molecule has 8 heteroatoms. The predicted octanol–water partition coefficient (Wildman–Crippen LogP) is 3.80. The Morgan fingerprint density at radius 1 is 1.16 bits per heavy atom. The second-order valence-corrected chi connectivity index (χ2v) is 8.93. The molecule has 3 rings (SSSR count). The maximum absolute atomic E-state index is 13.3. The van der Waals surface area contributed by atoms with Crippen LogP contribution >= 0.6 is 0 Å². The molecule has 32 heavy (non-hydrogen) atoms. The first-order valence-electron chi connectivity index (χ1n) is 10.4. The molecule has 8 nitrogen and oxygen atoms in total. The number of nitrogens with zero attached hydrogens (tertiary/aromatic N) is 2. The summed E-state index contributed by atoms with van der Waals surface area (Å²) in [6.45, 7) is 11.3. The van der Waals surface area contributed by atoms with Crippen LogP contribution < -0.4 is 14.9 Å². The van der Waals surface area contributed by atoms with E-state index in [2.05, 4.69) is 10.6 Å². The Morgan fingerprint density at radius 3 is 2.41 bits per heavy atom. The number of amides is 2. The summed E-state index contributed by atoms with van der Waals surface area (Å²) in [4.78, 5) is 26.5. The van der Waals surface area contributed by atoms with Gasteiger partial charge in [-0.2, -0.15) is 0 Å². The normalized spacial score (nSPS) is 15.5. The molecular formula is C24H29N3O5. The summed E-state index contributed by atoms with van der Waals surface area (Å²) in [5, 5.41) is 13.1. The SMILES string of the molecule is Cc1cc(C)cc(C(=O)N(NC(=O)c2ccc3c(c2C)O[C@@H](/C=N/O)CO3)C(C)(C)C)c1. The van der Waals surface area contributed by atoms with Gasteiger partial charge in [0.1, 0.15) is 6.61 Å². The zero-order valence-corrected chi connectivity index (χ0v) is 19.2. The Balaban J connectivity index is 1.91. The first-order valence-corrected chi connectivity index (χ1v) is 10.4. The van der Waals surface area contributed by atoms with Crippen molar-refractivity contribution in [2.24, 2.45) is 5.16 Å². The van der Waals surface area contributed by atoms with Gasteiger partial charge in [0.25, 0.3) is 11.8 Å². The second kappa shape index (κ2) is 8.90. The predicted molar refractivity (Wildman–Crippen MR) is 121 cm³/mol. The van der Waals surface area contributed by atoms with Crippen LogP contribution in [0.3, 0.4) is 0 Å². The van der Waals surface area contributed by atoms with Crippen LogP contribution in [0.4, 0.5) is 0 Å². The van der Waals surface area contributed by atoms with Crippen molar-refractivity contribution in [1.29, 1.82) is 0 Å². The third-order valence-electron chi connectivity index (χ3n) is 5.08. The molecule has 0 saturated heterocycles. The third-order valence-corrected chi connectivity index (χ3v) is 5.08. The molecule has 0 saturated carbocycles. The number of hydrogen-bond donors (Lipinski definition) is 2. The summed E-state index contributed by atoms with van der Waals surface area (Å²) < 4.78 is 11.4. The van der Waals surface area contributed by atoms with Gasteiger partial charge in [0.05, 0.1) is 11.8 Å². The highest BCUT2D eigenvalue weighted by molar-refractivity contribution is 6.00. The lowest BCUT2D eigenvalue weighted by Gasteiger charge is -2.36. The summed E-state index contributed by atoms with van der Waals surface area (Å²) in [7, 11) is 0. The maximum Gasteiger partial charge on any atom is 0.272 e. The fraction of sp³-hybridized carbons (Fsp3) is 0.375. The molecule has 1 aliphatic heterocycles. The van der Waals surface area contributed by atoms with Crippen molar-refractivity contribution in [2.45, 2.75) is 53.2 Å².